The fraction of sp³-hybridized carbons (Fsp3) is 0.500. The number of hydrogen-bond donors (Lipinski definition) is 1. The lowest BCUT2D eigenvalue weighted by Gasteiger charge is -2.24. The summed E-state index contributed by atoms with van der Waals surface area (Å²) >= 11 is 5.83. The number of anilines is 1. The number of rotatable bonds is 2. The molecule has 1 N–H and O–H groups in total. The molecule has 2 rings (SSSR count). The second-order valence-corrected chi connectivity index (χ2v) is 4.54. The first-order chi connectivity index (χ1) is 7.25. The Bertz CT molecular complexity index is 334. The summed E-state index contributed by atoms with van der Waals surface area (Å²) in [5.74, 6) is -0.218. The van der Waals surface area contributed by atoms with Gasteiger partial charge in [-0.05, 0) is 31.0 Å². The van der Waals surface area contributed by atoms with Crippen molar-refractivity contribution in [3.63, 3.8) is 0 Å². The van der Waals surface area contributed by atoms with E-state index in [0.717, 1.165) is 12.8 Å². The summed E-state index contributed by atoms with van der Waals surface area (Å²) in [7, 11) is 0. The van der Waals surface area contributed by atoms with Crippen LogP contribution in [0.5, 0.6) is 0 Å². The number of nitrogens with one attached hydrogen (secondary N) is 1. The first kappa shape index (κ1) is 10.7. The summed E-state index contributed by atoms with van der Waals surface area (Å²) in [6.07, 6.45) is 6.04. The molecule has 0 aliphatic heterocycles. The summed E-state index contributed by atoms with van der Waals surface area (Å²) in [6.45, 7) is 0. The lowest BCUT2D eigenvalue weighted by Crippen LogP contribution is -2.22. The molecule has 1 nitrogen and oxygen atoms in total. The van der Waals surface area contributed by atoms with Crippen LogP contribution in [-0.4, -0.2) is 6.04 Å². The van der Waals surface area contributed by atoms with Crippen LogP contribution < -0.4 is 5.32 Å². The zero-order valence-electron chi connectivity index (χ0n) is 8.60. The molecule has 0 radical (unpaired) electrons. The zero-order valence-corrected chi connectivity index (χ0v) is 9.36. The lowest BCUT2D eigenvalue weighted by molar-refractivity contribution is 0.460. The van der Waals surface area contributed by atoms with Crippen LogP contribution in [0.25, 0.3) is 0 Å². The highest BCUT2D eigenvalue weighted by molar-refractivity contribution is 6.30. The molecule has 1 aliphatic carbocycles. The van der Waals surface area contributed by atoms with Crippen LogP contribution >= 0.6 is 11.6 Å². The van der Waals surface area contributed by atoms with Gasteiger partial charge >= 0.3 is 0 Å². The smallest absolute Gasteiger partial charge is 0.146 e. The molecule has 3 heteroatoms. The van der Waals surface area contributed by atoms with Crippen LogP contribution in [0, 0.1) is 5.82 Å². The largest absolute Gasteiger partial charge is 0.380 e. The van der Waals surface area contributed by atoms with E-state index < -0.39 is 0 Å². The summed E-state index contributed by atoms with van der Waals surface area (Å²) in [5, 5.41) is 3.81. The van der Waals surface area contributed by atoms with Crippen LogP contribution in [0.15, 0.2) is 18.2 Å². The summed E-state index contributed by atoms with van der Waals surface area (Å²) in [6, 6.07) is 5.05. The molecular weight excluding hydrogens is 213 g/mol. The van der Waals surface area contributed by atoms with Crippen molar-refractivity contribution in [2.24, 2.45) is 0 Å². The Balaban J connectivity index is 2.05. The maximum absolute atomic E-state index is 13.4. The first-order valence-corrected chi connectivity index (χ1v) is 5.85. The van der Waals surface area contributed by atoms with Crippen molar-refractivity contribution in [2.45, 2.75) is 38.1 Å². The summed E-state index contributed by atoms with van der Waals surface area (Å²) in [5.41, 5.74) is 0.536. The van der Waals surface area contributed by atoms with Gasteiger partial charge in [-0.3, -0.25) is 0 Å². The monoisotopic (exact) mass is 227 g/mol. The zero-order chi connectivity index (χ0) is 10.7. The molecule has 0 spiro atoms. The first-order valence-electron chi connectivity index (χ1n) is 5.47. The maximum atomic E-state index is 13.4. The van der Waals surface area contributed by atoms with Gasteiger partial charge in [0.15, 0.2) is 0 Å². The Hall–Kier alpha value is -0.760. The molecule has 1 fully saturated rings. The van der Waals surface area contributed by atoms with Gasteiger partial charge in [0.1, 0.15) is 5.82 Å². The van der Waals surface area contributed by atoms with E-state index in [4.69, 9.17) is 11.6 Å². The Morgan fingerprint density at radius 3 is 2.67 bits per heavy atom. The Morgan fingerprint density at radius 2 is 1.93 bits per heavy atom. The van der Waals surface area contributed by atoms with E-state index in [-0.39, 0.29) is 5.82 Å². The molecule has 1 aromatic carbocycles. The van der Waals surface area contributed by atoms with Gasteiger partial charge in [0.05, 0.1) is 5.69 Å². The third-order valence-electron chi connectivity index (χ3n) is 2.89. The van der Waals surface area contributed by atoms with Crippen LogP contribution in [-0.2, 0) is 0 Å². The van der Waals surface area contributed by atoms with Gasteiger partial charge in [-0.2, -0.15) is 0 Å². The predicted octanol–water partition coefficient (Wildman–Crippen LogP) is 4.22. The van der Waals surface area contributed by atoms with E-state index >= 15 is 0 Å². The molecular formula is C12H15ClFN. The third kappa shape index (κ3) is 2.85. The van der Waals surface area contributed by atoms with Crippen molar-refractivity contribution in [3.8, 4) is 0 Å². The van der Waals surface area contributed by atoms with Gasteiger partial charge in [-0.25, -0.2) is 4.39 Å². The minimum absolute atomic E-state index is 0.218. The minimum atomic E-state index is -0.218. The van der Waals surface area contributed by atoms with E-state index in [1.54, 1.807) is 12.1 Å². The van der Waals surface area contributed by atoms with E-state index in [1.807, 2.05) is 0 Å². The van der Waals surface area contributed by atoms with Crippen LogP contribution in [0.1, 0.15) is 32.1 Å². The Morgan fingerprint density at radius 1 is 1.20 bits per heavy atom. The standard InChI is InChI=1S/C12H15ClFN/c13-9-6-7-11(14)12(8-9)15-10-4-2-1-3-5-10/h6-8,10,15H,1-5H2. The fourth-order valence-electron chi connectivity index (χ4n) is 2.07. The molecule has 82 valence electrons. The van der Waals surface area contributed by atoms with Gasteiger partial charge in [0, 0.05) is 11.1 Å². The summed E-state index contributed by atoms with van der Waals surface area (Å²) < 4.78 is 13.4. The third-order valence-corrected chi connectivity index (χ3v) is 3.13. The molecule has 0 unspecified atom stereocenters. The molecule has 1 saturated carbocycles. The fourth-order valence-corrected chi connectivity index (χ4v) is 2.25. The van der Waals surface area contributed by atoms with Crippen LogP contribution in [0.3, 0.4) is 0 Å². The quantitative estimate of drug-likeness (QED) is 0.798. The van der Waals surface area contributed by atoms with Crippen LogP contribution in [0.4, 0.5) is 10.1 Å². The second-order valence-electron chi connectivity index (χ2n) is 4.10. The average molecular weight is 228 g/mol. The van der Waals surface area contributed by atoms with E-state index in [9.17, 15) is 4.39 Å². The molecule has 0 saturated heterocycles. The van der Waals surface area contributed by atoms with Crippen molar-refractivity contribution >= 4 is 17.3 Å². The second kappa shape index (κ2) is 4.84. The highest BCUT2D eigenvalue weighted by Crippen LogP contribution is 2.25. The van der Waals surface area contributed by atoms with Gasteiger partial charge in [-0.1, -0.05) is 30.9 Å². The number of hydrogen-bond acceptors (Lipinski definition) is 1. The Labute approximate surface area is 94.6 Å². The summed E-state index contributed by atoms with van der Waals surface area (Å²) in [4.78, 5) is 0. The molecule has 15 heavy (non-hydrogen) atoms. The van der Waals surface area contributed by atoms with Gasteiger partial charge in [0.2, 0.25) is 0 Å². The number of benzene rings is 1. The van der Waals surface area contributed by atoms with Gasteiger partial charge < -0.3 is 5.32 Å². The molecule has 0 atom stereocenters. The molecule has 1 aliphatic rings. The SMILES string of the molecule is Fc1ccc(Cl)cc1NC1CCCCC1. The van der Waals surface area contributed by atoms with E-state index in [2.05, 4.69) is 5.32 Å². The van der Waals surface area contributed by atoms with Crippen LogP contribution in [0.2, 0.25) is 5.02 Å². The molecule has 0 heterocycles. The predicted molar refractivity (Wildman–Crippen MR) is 61.9 cm³/mol. The molecule has 0 bridgehead atoms. The maximum Gasteiger partial charge on any atom is 0.146 e. The van der Waals surface area contributed by atoms with Gasteiger partial charge in [0.25, 0.3) is 0 Å². The van der Waals surface area contributed by atoms with Gasteiger partial charge in [-0.15, -0.1) is 0 Å². The topological polar surface area (TPSA) is 12.0 Å². The van der Waals surface area contributed by atoms with Crippen molar-refractivity contribution in [1.82, 2.24) is 0 Å². The van der Waals surface area contributed by atoms with Crippen molar-refractivity contribution in [3.05, 3.63) is 29.0 Å². The average Bonchev–Trinajstić information content (AvgIpc) is 2.25. The Kier molecular flexibility index (Phi) is 3.47. The molecule has 0 amide bonds. The minimum Gasteiger partial charge on any atom is -0.380 e. The molecule has 1 aromatic rings. The highest BCUT2D eigenvalue weighted by atomic mass is 35.5. The lowest BCUT2D eigenvalue weighted by atomic mass is 9.95. The normalized spacial score (nSPS) is 17.7. The van der Waals surface area contributed by atoms with Crippen molar-refractivity contribution in [1.29, 1.82) is 0 Å². The number of halogens is 2. The van der Waals surface area contributed by atoms with E-state index in [1.165, 1.54) is 25.3 Å². The van der Waals surface area contributed by atoms with Crippen molar-refractivity contribution < 1.29 is 4.39 Å². The molecule has 0 aromatic heterocycles. The highest BCUT2D eigenvalue weighted by Gasteiger charge is 2.14. The van der Waals surface area contributed by atoms with Crippen molar-refractivity contribution in [2.75, 3.05) is 5.32 Å². The van der Waals surface area contributed by atoms with E-state index in [0.29, 0.717) is 16.8 Å².